The molecule has 134 valence electrons. The van der Waals surface area contributed by atoms with Gasteiger partial charge in [-0.1, -0.05) is 12.1 Å². The molecule has 1 aromatic rings. The van der Waals surface area contributed by atoms with E-state index < -0.39 is 27.0 Å². The first-order valence-electron chi connectivity index (χ1n) is 7.22. The van der Waals surface area contributed by atoms with Crippen LogP contribution in [0.25, 0.3) is 0 Å². The van der Waals surface area contributed by atoms with E-state index in [0.29, 0.717) is 13.0 Å². The molecular formula is C14H17F3N2O4S. The monoisotopic (exact) mass is 366 g/mol. The van der Waals surface area contributed by atoms with Gasteiger partial charge in [-0.2, -0.15) is 4.31 Å². The summed E-state index contributed by atoms with van der Waals surface area (Å²) >= 11 is 0. The fourth-order valence-corrected chi connectivity index (χ4v) is 4.04. The Balaban J connectivity index is 2.29. The molecule has 1 saturated heterocycles. The maximum absolute atomic E-state index is 12.7. The van der Waals surface area contributed by atoms with E-state index in [2.05, 4.69) is 4.74 Å². The molecule has 0 aromatic heterocycles. The Morgan fingerprint density at radius 2 is 1.79 bits per heavy atom. The van der Waals surface area contributed by atoms with E-state index >= 15 is 0 Å². The van der Waals surface area contributed by atoms with Crippen LogP contribution in [-0.4, -0.2) is 56.1 Å². The molecule has 0 N–H and O–H groups in total. The molecule has 10 heteroatoms. The highest BCUT2D eigenvalue weighted by Crippen LogP contribution is 2.31. The van der Waals surface area contributed by atoms with Crippen LogP contribution in [0, 0.1) is 0 Å². The molecule has 1 fully saturated rings. The third kappa shape index (κ3) is 4.38. The maximum atomic E-state index is 12.7. The molecule has 0 radical (unpaired) electrons. The summed E-state index contributed by atoms with van der Waals surface area (Å²) in [6, 6.07) is 4.62. The molecule has 1 aliphatic heterocycles. The standard InChI is InChI=1S/C14H17F3N2O4S/c1-11(20)18-7-4-8-19(10-9-18)24(21,22)13-6-3-2-5-12(13)23-14(15,16)17/h2-3,5-6H,4,7-10H2,1H3. The lowest BCUT2D eigenvalue weighted by Crippen LogP contribution is -2.36. The lowest BCUT2D eigenvalue weighted by molar-refractivity contribution is -0.275. The van der Waals surface area contributed by atoms with E-state index in [1.807, 2.05) is 0 Å². The minimum Gasteiger partial charge on any atom is -0.404 e. The average molecular weight is 366 g/mol. The van der Waals surface area contributed by atoms with Gasteiger partial charge < -0.3 is 9.64 Å². The summed E-state index contributed by atoms with van der Waals surface area (Å²) in [6.45, 7) is 2.12. The van der Waals surface area contributed by atoms with Crippen LogP contribution in [0.5, 0.6) is 5.75 Å². The summed E-state index contributed by atoms with van der Waals surface area (Å²) < 4.78 is 67.8. The van der Waals surface area contributed by atoms with Crippen LogP contribution in [-0.2, 0) is 14.8 Å². The van der Waals surface area contributed by atoms with Gasteiger partial charge in [0.2, 0.25) is 15.9 Å². The van der Waals surface area contributed by atoms with Crippen molar-refractivity contribution in [2.75, 3.05) is 26.2 Å². The van der Waals surface area contributed by atoms with Crippen molar-refractivity contribution in [3.8, 4) is 5.75 Å². The number of nitrogens with zero attached hydrogens (tertiary/aromatic N) is 2. The Kier molecular flexibility index (Phi) is 5.38. The summed E-state index contributed by atoms with van der Waals surface area (Å²) in [5.41, 5.74) is 0. The van der Waals surface area contributed by atoms with Gasteiger partial charge in [0.05, 0.1) is 0 Å². The van der Waals surface area contributed by atoms with E-state index in [9.17, 15) is 26.4 Å². The first-order valence-corrected chi connectivity index (χ1v) is 8.66. The second-order valence-electron chi connectivity index (χ2n) is 5.26. The quantitative estimate of drug-likeness (QED) is 0.819. The van der Waals surface area contributed by atoms with Gasteiger partial charge in [-0.05, 0) is 18.6 Å². The third-order valence-electron chi connectivity index (χ3n) is 3.59. The second kappa shape index (κ2) is 6.98. The molecule has 0 spiro atoms. The Morgan fingerprint density at radius 3 is 2.42 bits per heavy atom. The SMILES string of the molecule is CC(=O)N1CCCN(S(=O)(=O)c2ccccc2OC(F)(F)F)CC1. The first-order chi connectivity index (χ1) is 11.1. The highest BCUT2D eigenvalue weighted by atomic mass is 32.2. The molecule has 0 aliphatic carbocycles. The zero-order valence-electron chi connectivity index (χ0n) is 12.9. The van der Waals surface area contributed by atoms with E-state index in [4.69, 9.17) is 0 Å². The highest BCUT2D eigenvalue weighted by Gasteiger charge is 2.36. The molecule has 0 atom stereocenters. The molecular weight excluding hydrogens is 349 g/mol. The van der Waals surface area contributed by atoms with Crippen LogP contribution in [0.1, 0.15) is 13.3 Å². The molecule has 0 bridgehead atoms. The van der Waals surface area contributed by atoms with Crippen molar-refractivity contribution < 1.29 is 31.1 Å². The van der Waals surface area contributed by atoms with Gasteiger partial charge in [0.15, 0.2) is 0 Å². The average Bonchev–Trinajstić information content (AvgIpc) is 2.72. The van der Waals surface area contributed by atoms with E-state index in [0.717, 1.165) is 16.4 Å². The summed E-state index contributed by atoms with van der Waals surface area (Å²) in [7, 11) is -4.17. The van der Waals surface area contributed by atoms with Crippen molar-refractivity contribution in [2.45, 2.75) is 24.6 Å². The van der Waals surface area contributed by atoms with Crippen molar-refractivity contribution >= 4 is 15.9 Å². The predicted octanol–water partition coefficient (Wildman–Crippen LogP) is 1.83. The fraction of sp³-hybridized carbons (Fsp3) is 0.500. The van der Waals surface area contributed by atoms with Crippen LogP contribution >= 0.6 is 0 Å². The number of alkyl halides is 3. The van der Waals surface area contributed by atoms with Gasteiger partial charge in [0.1, 0.15) is 10.6 Å². The van der Waals surface area contributed by atoms with E-state index in [-0.39, 0.29) is 25.5 Å². The Morgan fingerprint density at radius 1 is 1.12 bits per heavy atom. The van der Waals surface area contributed by atoms with Gasteiger partial charge in [-0.15, -0.1) is 13.2 Å². The molecule has 1 amide bonds. The third-order valence-corrected chi connectivity index (χ3v) is 5.53. The molecule has 0 saturated carbocycles. The number of ether oxygens (including phenoxy) is 1. The van der Waals surface area contributed by atoms with Crippen LogP contribution in [0.15, 0.2) is 29.2 Å². The number of carbonyl (C=O) groups is 1. The minimum atomic E-state index is -4.99. The van der Waals surface area contributed by atoms with Crippen LogP contribution in [0.2, 0.25) is 0 Å². The second-order valence-corrected chi connectivity index (χ2v) is 7.16. The lowest BCUT2D eigenvalue weighted by atomic mass is 10.3. The van der Waals surface area contributed by atoms with Crippen molar-refractivity contribution in [1.82, 2.24) is 9.21 Å². The number of amides is 1. The van der Waals surface area contributed by atoms with Crippen LogP contribution < -0.4 is 4.74 Å². The number of para-hydroxylation sites is 1. The van der Waals surface area contributed by atoms with Crippen molar-refractivity contribution in [1.29, 1.82) is 0 Å². The fourth-order valence-electron chi connectivity index (χ4n) is 2.46. The summed E-state index contributed by atoms with van der Waals surface area (Å²) in [4.78, 5) is 12.4. The van der Waals surface area contributed by atoms with Crippen molar-refractivity contribution in [3.63, 3.8) is 0 Å². The van der Waals surface area contributed by atoms with E-state index in [1.54, 1.807) is 0 Å². The number of hydrogen-bond acceptors (Lipinski definition) is 4. The zero-order chi connectivity index (χ0) is 18.0. The number of rotatable bonds is 3. The van der Waals surface area contributed by atoms with E-state index in [1.165, 1.54) is 24.0 Å². The first kappa shape index (κ1) is 18.5. The number of halogens is 3. The Hall–Kier alpha value is -1.81. The zero-order valence-corrected chi connectivity index (χ0v) is 13.7. The molecule has 1 heterocycles. The molecule has 1 aromatic carbocycles. The molecule has 24 heavy (non-hydrogen) atoms. The number of sulfonamides is 1. The highest BCUT2D eigenvalue weighted by molar-refractivity contribution is 7.89. The molecule has 2 rings (SSSR count). The maximum Gasteiger partial charge on any atom is 0.573 e. The van der Waals surface area contributed by atoms with Crippen molar-refractivity contribution in [2.24, 2.45) is 0 Å². The number of hydrogen-bond donors (Lipinski definition) is 0. The van der Waals surface area contributed by atoms with Gasteiger partial charge in [-0.3, -0.25) is 4.79 Å². The topological polar surface area (TPSA) is 66.9 Å². The van der Waals surface area contributed by atoms with Crippen LogP contribution in [0.3, 0.4) is 0 Å². The molecule has 1 aliphatic rings. The summed E-state index contributed by atoms with van der Waals surface area (Å²) in [5.74, 6) is -0.937. The number of benzene rings is 1. The summed E-state index contributed by atoms with van der Waals surface area (Å²) in [6.07, 6.45) is -4.59. The van der Waals surface area contributed by atoms with Gasteiger partial charge in [0.25, 0.3) is 0 Å². The molecule has 0 unspecified atom stereocenters. The Labute approximate surface area is 137 Å². The largest absolute Gasteiger partial charge is 0.573 e. The smallest absolute Gasteiger partial charge is 0.404 e. The van der Waals surface area contributed by atoms with Gasteiger partial charge >= 0.3 is 6.36 Å². The normalized spacial score (nSPS) is 17.4. The van der Waals surface area contributed by atoms with Crippen molar-refractivity contribution in [3.05, 3.63) is 24.3 Å². The lowest BCUT2D eigenvalue weighted by Gasteiger charge is -2.22. The minimum absolute atomic E-state index is 0.0161. The number of carbonyl (C=O) groups excluding carboxylic acids is 1. The molecule has 6 nitrogen and oxygen atoms in total. The Bertz CT molecular complexity index is 706. The van der Waals surface area contributed by atoms with Gasteiger partial charge in [-0.25, -0.2) is 8.42 Å². The predicted molar refractivity (Wildman–Crippen MR) is 78.8 cm³/mol. The van der Waals surface area contributed by atoms with Gasteiger partial charge in [0, 0.05) is 33.1 Å². The van der Waals surface area contributed by atoms with Crippen LogP contribution in [0.4, 0.5) is 13.2 Å². The summed E-state index contributed by atoms with van der Waals surface area (Å²) in [5, 5.41) is 0.